The zero-order valence-corrected chi connectivity index (χ0v) is 39.8. The van der Waals surface area contributed by atoms with Crippen LogP contribution in [0.4, 0.5) is 8.63 Å². The van der Waals surface area contributed by atoms with Gasteiger partial charge in [0.25, 0.3) is 0 Å². The Bertz CT molecular complexity index is 1580. The summed E-state index contributed by atoms with van der Waals surface area (Å²) in [5.74, 6) is 0.978. The van der Waals surface area contributed by atoms with Gasteiger partial charge in [-0.15, -0.1) is 100 Å². The first-order valence-corrected chi connectivity index (χ1v) is 25.3. The zero-order valence-electron chi connectivity index (χ0n) is 27.7. The number of fused-ring (bicyclic) bond motifs is 1. The minimum atomic E-state index is -2.28. The molecule has 0 saturated carbocycles. The first kappa shape index (κ1) is 48.0. The fraction of sp³-hybridized carbons (Fsp3) is 0.118. The third-order valence-corrected chi connectivity index (χ3v) is 10.5. The third kappa shape index (κ3) is 23.6. The highest BCUT2D eigenvalue weighted by atomic mass is 79.9. The monoisotopic (exact) mass is 1110 g/mol. The lowest BCUT2D eigenvalue weighted by Gasteiger charge is -2.06. The topological polar surface area (TPSA) is 0 Å². The van der Waals surface area contributed by atoms with Gasteiger partial charge in [-0.2, -0.15) is 22.9 Å². The molecule has 0 unspecified atom stereocenters. The molecular weight excluding hydrogens is 1080 g/mol. The van der Waals surface area contributed by atoms with Crippen molar-refractivity contribution in [2.45, 2.75) is 26.0 Å². The number of halogens is 10. The number of hydrogen-bond donors (Lipinski definition) is 0. The third-order valence-electron chi connectivity index (χ3n) is 6.14. The SMILES string of the molecule is BrB(Br)Cc1ccccc1.BrB(Br)c1cccc2ccccc12.BrB(Br)c1ccccc1.C[Si](C)(C)C=CB(F)F.ClB(Cl)c1ccccc1. The summed E-state index contributed by atoms with van der Waals surface area (Å²) in [5, 5.41) is 2.58. The smallest absolute Gasteiger partial charge is 0.282 e. The van der Waals surface area contributed by atoms with Gasteiger partial charge in [0.05, 0.1) is 8.07 Å². The second-order valence-corrected chi connectivity index (χ2v) is 27.2. The maximum Gasteiger partial charge on any atom is 0.564 e. The summed E-state index contributed by atoms with van der Waals surface area (Å²) in [6, 6.07) is 44.8. The molecule has 0 amide bonds. The van der Waals surface area contributed by atoms with Crippen molar-refractivity contribution in [1.82, 2.24) is 0 Å². The van der Waals surface area contributed by atoms with Crippen molar-refractivity contribution in [3.05, 3.63) is 151 Å². The molecule has 5 aromatic rings. The average Bonchev–Trinajstić information content (AvgIpc) is 3.09. The van der Waals surface area contributed by atoms with Crippen LogP contribution in [-0.2, 0) is 6.32 Å². The molecule has 0 saturated heterocycles. The summed E-state index contributed by atoms with van der Waals surface area (Å²) in [7, 11) is -3.66. The fourth-order valence-corrected chi connectivity index (χ4v) is 6.96. The van der Waals surface area contributed by atoms with E-state index in [1.165, 1.54) is 27.3 Å². The van der Waals surface area contributed by atoms with Gasteiger partial charge in [0.15, 0.2) is 0 Å². The Labute approximate surface area is 359 Å². The highest BCUT2D eigenvalue weighted by Crippen LogP contribution is 2.15. The van der Waals surface area contributed by atoms with E-state index in [2.05, 4.69) is 173 Å². The van der Waals surface area contributed by atoms with E-state index < -0.39 is 20.9 Å². The summed E-state index contributed by atoms with van der Waals surface area (Å²) in [5.41, 5.74) is 6.07. The van der Waals surface area contributed by atoms with Gasteiger partial charge in [-0.05, 0) is 28.0 Å². The Morgan fingerprint density at radius 1 is 0.580 bits per heavy atom. The van der Waals surface area contributed by atoms with Crippen molar-refractivity contribution in [2.75, 3.05) is 0 Å². The maximum absolute atomic E-state index is 11.5. The van der Waals surface area contributed by atoms with E-state index >= 15 is 0 Å². The van der Waals surface area contributed by atoms with Crippen LogP contribution in [0.25, 0.3) is 10.8 Å². The van der Waals surface area contributed by atoms with Gasteiger partial charge >= 0.3 is 25.9 Å². The van der Waals surface area contributed by atoms with Crippen LogP contribution in [0.1, 0.15) is 5.56 Å². The van der Waals surface area contributed by atoms with Gasteiger partial charge in [-0.3, -0.25) is 8.63 Å². The summed E-state index contributed by atoms with van der Waals surface area (Å²) in [6.45, 7) is 6.06. The quantitative estimate of drug-likeness (QED) is 0.143. The molecule has 0 N–H and O–H groups in total. The number of rotatable bonds is 7. The number of hydrogen-bond acceptors (Lipinski definition) is 0. The first-order valence-electron chi connectivity index (χ1n) is 15.3. The molecule has 50 heavy (non-hydrogen) atoms. The lowest BCUT2D eigenvalue weighted by molar-refractivity contribution is 0.683. The second-order valence-electron chi connectivity index (χ2n) is 11.4. The normalized spacial score (nSPS) is 10.1. The van der Waals surface area contributed by atoms with E-state index in [9.17, 15) is 8.63 Å². The van der Waals surface area contributed by atoms with Crippen molar-refractivity contribution in [3.8, 4) is 0 Å². The van der Waals surface area contributed by atoms with Crippen molar-refractivity contribution in [2.24, 2.45) is 0 Å². The van der Waals surface area contributed by atoms with Crippen molar-refractivity contribution in [3.63, 3.8) is 0 Å². The van der Waals surface area contributed by atoms with Gasteiger partial charge < -0.3 is 0 Å². The van der Waals surface area contributed by atoms with Crippen molar-refractivity contribution < 1.29 is 8.63 Å². The molecule has 0 radical (unpaired) electrons. The summed E-state index contributed by atoms with van der Waals surface area (Å²) < 4.78 is 23.9. The molecule has 260 valence electrons. The lowest BCUT2D eigenvalue weighted by atomic mass is 9.89. The Morgan fingerprint density at radius 3 is 1.42 bits per heavy atom. The maximum atomic E-state index is 11.5. The standard InChI is InChI=1S/C10H7BBr2.C7H7BBr2.C6H5BBr2.C6H5BCl2.C5H11BF2Si/c12-11(13)10-7-3-5-8-4-1-2-6-9(8)10;9-8(10)6-7-4-2-1-3-5-7;2*8-7(9)6-4-2-1-3-5-6;1-9(2,3)5-4-6(7)8/h1-7H;1-5H,6H2;2*1-5H;4-5H,1-3H3. The molecule has 0 aliphatic heterocycles. The average molecular weight is 1110 g/mol. The van der Waals surface area contributed by atoms with Crippen LogP contribution in [0.3, 0.4) is 0 Å². The Balaban J connectivity index is 0.000000316. The molecular formula is C34H35B5Br6Cl2F2Si. The molecule has 5 rings (SSSR count). The van der Waals surface area contributed by atoms with Gasteiger partial charge in [0.2, 0.25) is 0 Å². The molecule has 0 aromatic heterocycles. The Kier molecular flexibility index (Phi) is 26.4. The summed E-state index contributed by atoms with van der Waals surface area (Å²) in [6.07, 6.45) is 1.03. The molecule has 0 spiro atoms. The van der Waals surface area contributed by atoms with E-state index in [4.69, 9.17) is 22.9 Å². The van der Waals surface area contributed by atoms with Crippen LogP contribution in [0, 0.1) is 0 Å². The van der Waals surface area contributed by atoms with Crippen molar-refractivity contribution in [1.29, 1.82) is 0 Å². The van der Waals surface area contributed by atoms with Crippen LogP contribution in [0.5, 0.6) is 0 Å². The Morgan fingerprint density at radius 2 is 1.04 bits per heavy atom. The minimum Gasteiger partial charge on any atom is -0.282 e. The molecule has 0 aliphatic carbocycles. The summed E-state index contributed by atoms with van der Waals surface area (Å²) in [4.78, 5) is 0. The molecule has 16 heteroatoms. The zero-order chi connectivity index (χ0) is 37.5. The lowest BCUT2D eigenvalue weighted by Crippen LogP contribution is -2.17. The molecule has 0 atom stereocenters. The van der Waals surface area contributed by atoms with Gasteiger partial charge in [0, 0.05) is 0 Å². The Hall–Kier alpha value is -0.0384. The van der Waals surface area contributed by atoms with Gasteiger partial charge in [-0.1, -0.05) is 170 Å². The predicted octanol–water partition coefficient (Wildman–Crippen LogP) is 12.8. The molecule has 0 fully saturated rings. The fourth-order valence-electron chi connectivity index (χ4n) is 3.79. The number of benzene rings is 5. The highest BCUT2D eigenvalue weighted by Gasteiger charge is 2.12. The summed E-state index contributed by atoms with van der Waals surface area (Å²) >= 11 is 31.8. The molecule has 0 aliphatic rings. The van der Waals surface area contributed by atoms with E-state index in [0.717, 1.165) is 17.8 Å². The van der Waals surface area contributed by atoms with Gasteiger partial charge in [0.1, 0.15) is 0 Å². The first-order chi connectivity index (χ1) is 23.6. The highest BCUT2D eigenvalue weighted by molar-refractivity contribution is 9.50. The second kappa shape index (κ2) is 27.5. The van der Waals surface area contributed by atoms with E-state index in [1.807, 2.05) is 74.2 Å². The largest absolute Gasteiger partial charge is 0.564 e. The molecule has 0 bridgehead atoms. The van der Waals surface area contributed by atoms with Crippen LogP contribution < -0.4 is 16.4 Å². The van der Waals surface area contributed by atoms with Crippen LogP contribution in [0.2, 0.25) is 19.6 Å². The van der Waals surface area contributed by atoms with Crippen LogP contribution >= 0.6 is 117 Å². The predicted molar refractivity (Wildman–Crippen MR) is 255 cm³/mol. The van der Waals surface area contributed by atoms with E-state index in [1.54, 1.807) is 5.70 Å². The van der Waals surface area contributed by atoms with E-state index in [0.29, 0.717) is 4.36 Å². The minimum absolute atomic E-state index is 0.228. The van der Waals surface area contributed by atoms with Crippen LogP contribution in [-0.4, -0.2) is 34.0 Å². The van der Waals surface area contributed by atoms with Gasteiger partial charge in [-0.25, -0.2) is 0 Å². The molecule has 0 nitrogen and oxygen atoms in total. The van der Waals surface area contributed by atoms with Crippen LogP contribution in [0.15, 0.2) is 145 Å². The molecule has 0 heterocycles. The molecule has 5 aromatic carbocycles. The van der Waals surface area contributed by atoms with E-state index in [-0.39, 0.29) is 8.72 Å². The van der Waals surface area contributed by atoms with Crippen molar-refractivity contribution >= 4 is 179 Å².